The molecular formula is C16H20Cl2N4O. The van der Waals surface area contributed by atoms with Crippen LogP contribution in [-0.4, -0.2) is 47.7 Å². The molecule has 124 valence electrons. The lowest BCUT2D eigenvalue weighted by molar-refractivity contribution is 0.0781. The first-order chi connectivity index (χ1) is 10.7. The molecule has 1 aliphatic heterocycles. The van der Waals surface area contributed by atoms with Gasteiger partial charge in [0.2, 0.25) is 0 Å². The van der Waals surface area contributed by atoms with E-state index in [2.05, 4.69) is 15.5 Å². The minimum absolute atomic E-state index is 0. The summed E-state index contributed by atoms with van der Waals surface area (Å²) in [6.07, 6.45) is 1.04. The Labute approximate surface area is 146 Å². The predicted octanol–water partition coefficient (Wildman–Crippen LogP) is 2.83. The standard InChI is InChI=1S/C16H19ClN4O.ClH/c1-18-9-11-6-7-21(10-11)16(22)15-8-14(19-20-15)12-4-2-3-5-13(12)17;/h2-5,8,11,18H,6-7,9-10H2,1H3,(H,19,20);1H. The number of benzene rings is 1. The van der Waals surface area contributed by atoms with Crippen LogP contribution in [0.5, 0.6) is 0 Å². The van der Waals surface area contributed by atoms with Crippen molar-refractivity contribution < 1.29 is 4.79 Å². The molecule has 23 heavy (non-hydrogen) atoms. The van der Waals surface area contributed by atoms with Gasteiger partial charge in [0.1, 0.15) is 5.69 Å². The maximum Gasteiger partial charge on any atom is 0.271 e. The molecule has 1 atom stereocenters. The van der Waals surface area contributed by atoms with Crippen molar-refractivity contribution in [2.45, 2.75) is 6.42 Å². The smallest absolute Gasteiger partial charge is 0.271 e. The fourth-order valence-corrected chi connectivity index (χ4v) is 3.11. The highest BCUT2D eigenvalue weighted by Gasteiger charge is 2.27. The Kier molecular flexibility index (Phi) is 6.04. The fourth-order valence-electron chi connectivity index (χ4n) is 2.88. The minimum atomic E-state index is 0. The lowest BCUT2D eigenvalue weighted by Gasteiger charge is -2.15. The van der Waals surface area contributed by atoms with E-state index in [4.69, 9.17) is 11.6 Å². The number of H-pyrrole nitrogens is 1. The van der Waals surface area contributed by atoms with Gasteiger partial charge in [-0.15, -0.1) is 12.4 Å². The normalized spacial score (nSPS) is 17.1. The number of aromatic nitrogens is 2. The van der Waals surface area contributed by atoms with Crippen molar-refractivity contribution in [2.24, 2.45) is 5.92 Å². The van der Waals surface area contributed by atoms with Crippen molar-refractivity contribution in [2.75, 3.05) is 26.7 Å². The van der Waals surface area contributed by atoms with Crippen LogP contribution < -0.4 is 5.32 Å². The number of nitrogens with one attached hydrogen (secondary N) is 2. The third-order valence-corrected chi connectivity index (χ3v) is 4.35. The van der Waals surface area contributed by atoms with E-state index in [1.54, 1.807) is 6.07 Å². The SMILES string of the molecule is CNCC1CCN(C(=O)c2cc(-c3ccccc3Cl)n[nH]2)C1.Cl. The van der Waals surface area contributed by atoms with Gasteiger partial charge in [-0.05, 0) is 38.1 Å². The molecule has 1 amide bonds. The zero-order valence-electron chi connectivity index (χ0n) is 12.9. The van der Waals surface area contributed by atoms with Gasteiger partial charge in [-0.3, -0.25) is 9.89 Å². The fraction of sp³-hybridized carbons (Fsp3) is 0.375. The van der Waals surface area contributed by atoms with Gasteiger partial charge >= 0.3 is 0 Å². The molecule has 1 saturated heterocycles. The van der Waals surface area contributed by atoms with Crippen LogP contribution in [0.1, 0.15) is 16.9 Å². The molecule has 1 aliphatic rings. The number of carbonyl (C=O) groups is 1. The van der Waals surface area contributed by atoms with Crippen molar-refractivity contribution in [3.63, 3.8) is 0 Å². The van der Waals surface area contributed by atoms with Gasteiger partial charge in [-0.25, -0.2) is 0 Å². The van der Waals surface area contributed by atoms with E-state index < -0.39 is 0 Å². The van der Waals surface area contributed by atoms with Crippen LogP contribution in [0.25, 0.3) is 11.3 Å². The van der Waals surface area contributed by atoms with E-state index in [-0.39, 0.29) is 18.3 Å². The zero-order valence-corrected chi connectivity index (χ0v) is 14.5. The van der Waals surface area contributed by atoms with E-state index in [1.165, 1.54) is 0 Å². The summed E-state index contributed by atoms with van der Waals surface area (Å²) in [5.41, 5.74) is 2.04. The maximum absolute atomic E-state index is 12.5. The summed E-state index contributed by atoms with van der Waals surface area (Å²) >= 11 is 6.17. The summed E-state index contributed by atoms with van der Waals surface area (Å²) < 4.78 is 0. The van der Waals surface area contributed by atoms with Crippen molar-refractivity contribution in [3.8, 4) is 11.3 Å². The summed E-state index contributed by atoms with van der Waals surface area (Å²) in [6, 6.07) is 9.26. The largest absolute Gasteiger partial charge is 0.337 e. The summed E-state index contributed by atoms with van der Waals surface area (Å²) in [5.74, 6) is 0.532. The van der Waals surface area contributed by atoms with Gasteiger partial charge in [0.15, 0.2) is 0 Å². The third kappa shape index (κ3) is 3.86. The minimum Gasteiger partial charge on any atom is -0.337 e. The second-order valence-electron chi connectivity index (χ2n) is 5.61. The van der Waals surface area contributed by atoms with Gasteiger partial charge < -0.3 is 10.2 Å². The van der Waals surface area contributed by atoms with Gasteiger partial charge in [-0.2, -0.15) is 5.10 Å². The molecule has 3 rings (SSSR count). The van der Waals surface area contributed by atoms with Crippen LogP contribution >= 0.6 is 24.0 Å². The highest BCUT2D eigenvalue weighted by atomic mass is 35.5. The first kappa shape index (κ1) is 17.8. The Morgan fingerprint density at radius 2 is 2.26 bits per heavy atom. The van der Waals surface area contributed by atoms with Gasteiger partial charge in [0.25, 0.3) is 5.91 Å². The molecule has 0 aliphatic carbocycles. The molecular weight excluding hydrogens is 335 g/mol. The molecule has 0 saturated carbocycles. The first-order valence-electron chi connectivity index (χ1n) is 7.43. The molecule has 2 aromatic rings. The van der Waals surface area contributed by atoms with Crippen molar-refractivity contribution in [1.29, 1.82) is 0 Å². The second-order valence-corrected chi connectivity index (χ2v) is 6.02. The maximum atomic E-state index is 12.5. The highest BCUT2D eigenvalue weighted by molar-refractivity contribution is 6.33. The van der Waals surface area contributed by atoms with E-state index in [1.807, 2.05) is 36.2 Å². The zero-order chi connectivity index (χ0) is 15.5. The topological polar surface area (TPSA) is 61.0 Å². The Morgan fingerprint density at radius 3 is 3.00 bits per heavy atom. The Morgan fingerprint density at radius 1 is 1.48 bits per heavy atom. The average Bonchev–Trinajstić information content (AvgIpc) is 3.17. The molecule has 1 fully saturated rings. The first-order valence-corrected chi connectivity index (χ1v) is 7.81. The molecule has 2 N–H and O–H groups in total. The van der Waals surface area contributed by atoms with E-state index in [9.17, 15) is 4.79 Å². The number of carbonyl (C=O) groups excluding carboxylic acids is 1. The number of hydrogen-bond donors (Lipinski definition) is 2. The predicted molar refractivity (Wildman–Crippen MR) is 94.2 cm³/mol. The molecule has 5 nitrogen and oxygen atoms in total. The number of amides is 1. The van der Waals surface area contributed by atoms with Crippen molar-refractivity contribution in [3.05, 3.63) is 41.0 Å². The molecule has 7 heteroatoms. The van der Waals surface area contributed by atoms with Crippen LogP contribution in [0.2, 0.25) is 5.02 Å². The lowest BCUT2D eigenvalue weighted by Crippen LogP contribution is -2.30. The summed E-state index contributed by atoms with van der Waals surface area (Å²) in [5, 5.41) is 10.9. The molecule has 0 radical (unpaired) electrons. The molecule has 2 heterocycles. The highest BCUT2D eigenvalue weighted by Crippen LogP contribution is 2.27. The van der Waals surface area contributed by atoms with Crippen LogP contribution in [-0.2, 0) is 0 Å². The lowest BCUT2D eigenvalue weighted by atomic mass is 10.1. The quantitative estimate of drug-likeness (QED) is 0.887. The number of hydrogen-bond acceptors (Lipinski definition) is 3. The van der Waals surface area contributed by atoms with Crippen LogP contribution in [0, 0.1) is 5.92 Å². The van der Waals surface area contributed by atoms with Crippen molar-refractivity contribution in [1.82, 2.24) is 20.4 Å². The van der Waals surface area contributed by atoms with Crippen LogP contribution in [0.4, 0.5) is 0 Å². The van der Waals surface area contributed by atoms with Gasteiger partial charge in [-0.1, -0.05) is 29.8 Å². The number of likely N-dealkylation sites (tertiary alicyclic amines) is 1. The van der Waals surface area contributed by atoms with E-state index >= 15 is 0 Å². The second kappa shape index (κ2) is 7.81. The number of nitrogens with zero attached hydrogens (tertiary/aromatic N) is 2. The van der Waals surface area contributed by atoms with E-state index in [0.717, 1.165) is 31.6 Å². The number of rotatable bonds is 4. The van der Waals surface area contributed by atoms with Gasteiger partial charge in [0.05, 0.1) is 10.7 Å². The third-order valence-electron chi connectivity index (χ3n) is 4.02. The monoisotopic (exact) mass is 354 g/mol. The summed E-state index contributed by atoms with van der Waals surface area (Å²) in [4.78, 5) is 14.4. The Bertz CT molecular complexity index is 674. The Balaban J connectivity index is 0.00000192. The molecule has 1 aromatic carbocycles. The Hall–Kier alpha value is -1.56. The van der Waals surface area contributed by atoms with E-state index in [0.29, 0.717) is 22.3 Å². The van der Waals surface area contributed by atoms with Crippen LogP contribution in [0.3, 0.4) is 0 Å². The molecule has 0 bridgehead atoms. The average molecular weight is 355 g/mol. The van der Waals surface area contributed by atoms with Gasteiger partial charge in [0, 0.05) is 18.7 Å². The van der Waals surface area contributed by atoms with Crippen molar-refractivity contribution >= 4 is 29.9 Å². The van der Waals surface area contributed by atoms with Crippen LogP contribution in [0.15, 0.2) is 30.3 Å². The number of halogens is 2. The summed E-state index contributed by atoms with van der Waals surface area (Å²) in [7, 11) is 1.94. The number of aromatic amines is 1. The molecule has 1 aromatic heterocycles. The molecule has 0 spiro atoms. The summed E-state index contributed by atoms with van der Waals surface area (Å²) in [6.45, 7) is 2.53. The molecule has 1 unspecified atom stereocenters.